The van der Waals surface area contributed by atoms with E-state index in [1.165, 1.54) is 12.1 Å². The molecule has 0 spiro atoms. The van der Waals surface area contributed by atoms with Crippen LogP contribution in [-0.2, 0) is 14.9 Å². The maximum atomic E-state index is 13.4. The van der Waals surface area contributed by atoms with Gasteiger partial charge in [-0.1, -0.05) is 42.5 Å². The number of aliphatic hydroxyl groups is 2. The molecule has 2 saturated heterocycles. The number of ether oxygens (including phenoxy) is 1. The van der Waals surface area contributed by atoms with Crippen LogP contribution in [0.3, 0.4) is 0 Å². The van der Waals surface area contributed by atoms with Crippen LogP contribution < -0.4 is 5.32 Å². The Morgan fingerprint density at radius 2 is 1.82 bits per heavy atom. The van der Waals surface area contributed by atoms with E-state index in [-0.39, 0.29) is 24.2 Å². The summed E-state index contributed by atoms with van der Waals surface area (Å²) in [5.74, 6) is -0.457. The fourth-order valence-corrected chi connectivity index (χ4v) is 5.56. The number of hydrogen-bond acceptors (Lipinski definition) is 4. The van der Waals surface area contributed by atoms with Crippen molar-refractivity contribution in [2.75, 3.05) is 6.61 Å². The highest BCUT2D eigenvalue weighted by atomic mass is 19.1. The molecule has 4 rings (SSSR count). The van der Waals surface area contributed by atoms with Crippen LogP contribution in [0.25, 0.3) is 0 Å². The molecule has 0 aromatic heterocycles. The van der Waals surface area contributed by atoms with Crippen LogP contribution in [-0.4, -0.2) is 46.1 Å². The molecule has 2 aliphatic heterocycles. The largest absolute Gasteiger partial charge is 0.393 e. The molecule has 2 heterocycles. The normalized spacial score (nSPS) is 32.1. The maximum Gasteiger partial charge on any atom is 0.230 e. The van der Waals surface area contributed by atoms with E-state index in [0.717, 1.165) is 5.56 Å². The number of amides is 1. The second-order valence-corrected chi connectivity index (χ2v) is 10.5. The number of nitrogens with one attached hydrogen (secondary N) is 1. The van der Waals surface area contributed by atoms with Crippen LogP contribution >= 0.6 is 0 Å². The van der Waals surface area contributed by atoms with Crippen LogP contribution in [0.4, 0.5) is 4.39 Å². The fraction of sp³-hybridized carbons (Fsp3) is 0.519. The van der Waals surface area contributed by atoms with Gasteiger partial charge < -0.3 is 20.3 Å². The Morgan fingerprint density at radius 3 is 2.45 bits per heavy atom. The molecule has 5 atom stereocenters. The van der Waals surface area contributed by atoms with Crippen molar-refractivity contribution in [3.8, 4) is 0 Å². The molecule has 2 bridgehead atoms. The van der Waals surface area contributed by atoms with E-state index >= 15 is 0 Å². The van der Waals surface area contributed by atoms with Crippen molar-refractivity contribution in [3.63, 3.8) is 0 Å². The molecular weight excluding hydrogens is 421 g/mol. The highest BCUT2D eigenvalue weighted by Crippen LogP contribution is 2.49. The number of hydrogen-bond donors (Lipinski definition) is 3. The average molecular weight is 456 g/mol. The van der Waals surface area contributed by atoms with Crippen molar-refractivity contribution < 1.29 is 24.1 Å². The molecule has 178 valence electrons. The molecule has 0 unspecified atom stereocenters. The standard InChI is InChI=1S/C27H34FNO4/c1-25(2,20-9-11-21(28)12-10-20)24(32)29-22-13-14-27(17-30)16-19(18-7-5-4-6-8-18)15-26(3,33-27)23(22)31/h4-12,19,22-23,30-31H,13-17H2,1-3H3,(H,29,32)/t19-,22-,23+,26+,27+/m1/s1. The van der Waals surface area contributed by atoms with Crippen LogP contribution in [0.5, 0.6) is 0 Å². The van der Waals surface area contributed by atoms with E-state index < -0.39 is 28.8 Å². The number of rotatable bonds is 5. The Balaban J connectivity index is 1.58. The Kier molecular flexibility index (Phi) is 6.38. The van der Waals surface area contributed by atoms with Gasteiger partial charge in [-0.05, 0) is 75.6 Å². The van der Waals surface area contributed by atoms with E-state index in [0.29, 0.717) is 31.2 Å². The zero-order valence-corrected chi connectivity index (χ0v) is 19.6. The summed E-state index contributed by atoms with van der Waals surface area (Å²) in [7, 11) is 0. The van der Waals surface area contributed by atoms with Gasteiger partial charge in [0, 0.05) is 0 Å². The SMILES string of the molecule is CC(C)(C(=O)N[C@@H]1CC[C@@]2(CO)C[C@H](c3ccccc3)C[C@](C)(O2)[C@H]1O)c1ccc(F)cc1. The summed E-state index contributed by atoms with van der Waals surface area (Å²) < 4.78 is 19.8. The Bertz CT molecular complexity index is 979. The minimum Gasteiger partial charge on any atom is -0.393 e. The molecule has 0 radical (unpaired) electrons. The highest BCUT2D eigenvalue weighted by Gasteiger charge is 2.55. The van der Waals surface area contributed by atoms with Crippen molar-refractivity contribution in [1.82, 2.24) is 5.32 Å². The molecule has 2 aromatic rings. The predicted molar refractivity (Wildman–Crippen MR) is 124 cm³/mol. The minimum absolute atomic E-state index is 0.136. The quantitative estimate of drug-likeness (QED) is 0.640. The van der Waals surface area contributed by atoms with E-state index in [1.54, 1.807) is 26.0 Å². The van der Waals surface area contributed by atoms with Crippen LogP contribution in [0.2, 0.25) is 0 Å². The molecular formula is C27H34FNO4. The number of halogens is 1. The van der Waals surface area contributed by atoms with Crippen molar-refractivity contribution in [2.24, 2.45) is 0 Å². The molecule has 2 fully saturated rings. The monoisotopic (exact) mass is 455 g/mol. The predicted octanol–water partition coefficient (Wildman–Crippen LogP) is 3.83. The molecule has 2 aromatic carbocycles. The second kappa shape index (κ2) is 8.82. The fourth-order valence-electron chi connectivity index (χ4n) is 5.56. The van der Waals surface area contributed by atoms with Gasteiger partial charge in [0.2, 0.25) is 5.91 Å². The van der Waals surface area contributed by atoms with Gasteiger partial charge in [0.05, 0.1) is 29.3 Å². The third-order valence-electron chi connectivity index (χ3n) is 7.65. The van der Waals surface area contributed by atoms with Crippen molar-refractivity contribution in [2.45, 2.75) is 81.1 Å². The third kappa shape index (κ3) is 4.57. The number of aliphatic hydroxyl groups excluding tert-OH is 2. The smallest absolute Gasteiger partial charge is 0.230 e. The molecule has 33 heavy (non-hydrogen) atoms. The zero-order chi connectivity index (χ0) is 23.9. The van der Waals surface area contributed by atoms with Gasteiger partial charge >= 0.3 is 0 Å². The molecule has 0 saturated carbocycles. The number of benzene rings is 2. The molecule has 0 aliphatic carbocycles. The summed E-state index contributed by atoms with van der Waals surface area (Å²) in [6.07, 6.45) is 1.34. The summed E-state index contributed by atoms with van der Waals surface area (Å²) in [5, 5.41) is 24.8. The Hall–Kier alpha value is -2.28. The van der Waals surface area contributed by atoms with Crippen LogP contribution in [0.1, 0.15) is 63.5 Å². The van der Waals surface area contributed by atoms with Crippen LogP contribution in [0, 0.1) is 5.82 Å². The lowest BCUT2D eigenvalue weighted by Crippen LogP contribution is -2.59. The molecule has 6 heteroatoms. The lowest BCUT2D eigenvalue weighted by Gasteiger charge is -2.49. The van der Waals surface area contributed by atoms with E-state index in [2.05, 4.69) is 17.4 Å². The topological polar surface area (TPSA) is 78.8 Å². The number of fused-ring (bicyclic) bond motifs is 2. The lowest BCUT2D eigenvalue weighted by atomic mass is 9.74. The summed E-state index contributed by atoms with van der Waals surface area (Å²) in [5.41, 5.74) is -0.729. The minimum atomic E-state index is -0.939. The Morgan fingerprint density at radius 1 is 1.15 bits per heavy atom. The summed E-state index contributed by atoms with van der Waals surface area (Å²) in [6, 6.07) is 15.5. The van der Waals surface area contributed by atoms with Gasteiger partial charge in [0.25, 0.3) is 0 Å². The first-order valence-electron chi connectivity index (χ1n) is 11.7. The summed E-state index contributed by atoms with van der Waals surface area (Å²) in [6.45, 7) is 5.32. The Labute approximate surface area is 195 Å². The first-order valence-corrected chi connectivity index (χ1v) is 11.7. The lowest BCUT2D eigenvalue weighted by molar-refractivity contribution is -0.230. The molecule has 2 aliphatic rings. The van der Waals surface area contributed by atoms with E-state index in [4.69, 9.17) is 4.74 Å². The van der Waals surface area contributed by atoms with E-state index in [1.807, 2.05) is 25.1 Å². The van der Waals surface area contributed by atoms with Gasteiger partial charge in [0.15, 0.2) is 0 Å². The van der Waals surface area contributed by atoms with Crippen LogP contribution in [0.15, 0.2) is 54.6 Å². The second-order valence-electron chi connectivity index (χ2n) is 10.5. The summed E-state index contributed by atoms with van der Waals surface area (Å²) >= 11 is 0. The van der Waals surface area contributed by atoms with Gasteiger partial charge in [-0.3, -0.25) is 4.79 Å². The van der Waals surface area contributed by atoms with Crippen molar-refractivity contribution in [3.05, 3.63) is 71.5 Å². The molecule has 1 amide bonds. The van der Waals surface area contributed by atoms with Gasteiger partial charge in [-0.15, -0.1) is 0 Å². The third-order valence-corrected chi connectivity index (χ3v) is 7.65. The van der Waals surface area contributed by atoms with Crippen molar-refractivity contribution >= 4 is 5.91 Å². The first-order chi connectivity index (χ1) is 15.6. The maximum absolute atomic E-state index is 13.4. The molecule has 5 nitrogen and oxygen atoms in total. The molecule has 3 N–H and O–H groups in total. The zero-order valence-electron chi connectivity index (χ0n) is 19.6. The van der Waals surface area contributed by atoms with Gasteiger partial charge in [-0.25, -0.2) is 4.39 Å². The van der Waals surface area contributed by atoms with Gasteiger partial charge in [-0.2, -0.15) is 0 Å². The average Bonchev–Trinajstić information content (AvgIpc) is 2.88. The first kappa shape index (κ1) is 23.9. The summed E-state index contributed by atoms with van der Waals surface area (Å²) in [4.78, 5) is 13.3. The van der Waals surface area contributed by atoms with Crippen molar-refractivity contribution in [1.29, 1.82) is 0 Å². The van der Waals surface area contributed by atoms with E-state index in [9.17, 15) is 19.4 Å². The number of carbonyl (C=O) groups excluding carboxylic acids is 1. The highest BCUT2D eigenvalue weighted by molar-refractivity contribution is 5.87. The number of carbonyl (C=O) groups is 1. The van der Waals surface area contributed by atoms with Gasteiger partial charge in [0.1, 0.15) is 11.9 Å².